The highest BCUT2D eigenvalue weighted by Gasteiger charge is 2.38. The minimum atomic E-state index is -1.14. The molecule has 2 saturated heterocycles. The number of aromatic nitrogens is 4. The first-order valence-electron chi connectivity index (χ1n) is 19.3. The van der Waals surface area contributed by atoms with Crippen LogP contribution in [-0.2, 0) is 16.0 Å². The highest BCUT2D eigenvalue weighted by atomic mass is 16.6. The average Bonchev–Trinajstić information content (AvgIpc) is 3.97. The van der Waals surface area contributed by atoms with E-state index in [1.165, 1.54) is 0 Å². The lowest BCUT2D eigenvalue weighted by Crippen LogP contribution is -2.37. The van der Waals surface area contributed by atoms with Gasteiger partial charge in [-0.1, -0.05) is 78.9 Å². The Morgan fingerprint density at radius 2 is 1.25 bits per heavy atom. The number of carbonyl (C=O) groups excluding carboxylic acids is 2. The fourth-order valence-corrected chi connectivity index (χ4v) is 7.57. The lowest BCUT2D eigenvalue weighted by atomic mass is 10.0. The number of aromatic carboxylic acids is 1. The van der Waals surface area contributed by atoms with E-state index < -0.39 is 29.3 Å². The molecule has 0 radical (unpaired) electrons. The van der Waals surface area contributed by atoms with Gasteiger partial charge >= 0.3 is 18.2 Å². The lowest BCUT2D eigenvalue weighted by molar-refractivity contribution is 0.0207. The van der Waals surface area contributed by atoms with E-state index in [9.17, 15) is 19.5 Å². The van der Waals surface area contributed by atoms with Gasteiger partial charge in [0.15, 0.2) is 5.69 Å². The van der Waals surface area contributed by atoms with E-state index in [0.29, 0.717) is 43.1 Å². The Morgan fingerprint density at radius 1 is 0.732 bits per heavy atom. The molecule has 0 spiro atoms. The van der Waals surface area contributed by atoms with Crippen molar-refractivity contribution >= 4 is 18.2 Å². The van der Waals surface area contributed by atoms with Crippen molar-refractivity contribution in [1.82, 2.24) is 29.3 Å². The Balaban J connectivity index is 1.16. The summed E-state index contributed by atoms with van der Waals surface area (Å²) in [5.74, 6) is 0.127. The summed E-state index contributed by atoms with van der Waals surface area (Å²) in [5, 5.41) is 10.5. The van der Waals surface area contributed by atoms with Gasteiger partial charge in [-0.15, -0.1) is 0 Å². The van der Waals surface area contributed by atoms with Crippen molar-refractivity contribution in [2.75, 3.05) is 13.1 Å². The second-order valence-electron chi connectivity index (χ2n) is 16.5. The molecule has 5 aromatic rings. The summed E-state index contributed by atoms with van der Waals surface area (Å²) in [6, 6.07) is 25.2. The zero-order valence-electron chi connectivity index (χ0n) is 32.9. The molecule has 2 amide bonds. The molecule has 12 nitrogen and oxygen atoms in total. The summed E-state index contributed by atoms with van der Waals surface area (Å²) >= 11 is 0. The van der Waals surface area contributed by atoms with E-state index in [1.807, 2.05) is 125 Å². The van der Waals surface area contributed by atoms with Crippen LogP contribution in [0.25, 0.3) is 33.6 Å². The highest BCUT2D eigenvalue weighted by molar-refractivity contribution is 5.93. The molecule has 0 unspecified atom stereocenters. The fraction of sp³-hybridized carbons (Fsp3) is 0.386. The summed E-state index contributed by atoms with van der Waals surface area (Å²) in [4.78, 5) is 55.3. The van der Waals surface area contributed by atoms with Crippen LogP contribution in [-0.4, -0.2) is 76.9 Å². The van der Waals surface area contributed by atoms with Crippen molar-refractivity contribution in [2.24, 2.45) is 0 Å². The molecular formula is C44H50N6O6. The minimum absolute atomic E-state index is 0.0604. The summed E-state index contributed by atoms with van der Waals surface area (Å²) in [6.45, 7) is 12.6. The molecule has 2 aliphatic heterocycles. The van der Waals surface area contributed by atoms with Crippen LogP contribution in [0.15, 0.2) is 85.1 Å². The van der Waals surface area contributed by atoms with Gasteiger partial charge in [0.1, 0.15) is 22.9 Å². The van der Waals surface area contributed by atoms with Crippen LogP contribution in [0.5, 0.6) is 0 Å². The maximum atomic E-state index is 13.3. The predicted molar refractivity (Wildman–Crippen MR) is 213 cm³/mol. The standard InChI is InChI=1S/C44H50N6O6/c1-43(2,3)55-41(53)48-24-10-14-34(48)38-45-26-33(46-38)31-20-16-29(17-21-31)30-18-22-32(23-19-30)37-36(40(51)52)47-39(50(37)27-28-12-8-7-9-13-28)35-15-11-25-49(35)42(54)56-44(4,5)6/h7-9,12-13,16-23,26,34-35H,10-11,14-15,24-25,27H2,1-6H3,(H,45,46)(H,51,52)/t34-,35-/m0/s1. The van der Waals surface area contributed by atoms with Gasteiger partial charge in [0.25, 0.3) is 0 Å². The normalized spacial score (nSPS) is 17.3. The number of aromatic amines is 1. The van der Waals surface area contributed by atoms with Crippen LogP contribution in [0.1, 0.15) is 107 Å². The van der Waals surface area contributed by atoms with E-state index in [-0.39, 0.29) is 17.8 Å². The quantitative estimate of drug-likeness (QED) is 0.159. The number of likely N-dealkylation sites (tertiary alicyclic amines) is 2. The second-order valence-corrected chi connectivity index (χ2v) is 16.5. The Kier molecular flexibility index (Phi) is 10.5. The van der Waals surface area contributed by atoms with E-state index in [2.05, 4.69) is 9.97 Å². The number of carbonyl (C=O) groups is 3. The summed E-state index contributed by atoms with van der Waals surface area (Å²) in [7, 11) is 0. The molecule has 2 aromatic heterocycles. The number of nitrogens with zero attached hydrogens (tertiary/aromatic N) is 5. The lowest BCUT2D eigenvalue weighted by Gasteiger charge is -2.29. The van der Waals surface area contributed by atoms with Gasteiger partial charge in [-0.05, 0) is 89.5 Å². The highest BCUT2D eigenvalue weighted by Crippen LogP contribution is 2.38. The van der Waals surface area contributed by atoms with Crippen LogP contribution < -0.4 is 0 Å². The van der Waals surface area contributed by atoms with E-state index in [0.717, 1.165) is 53.0 Å². The largest absolute Gasteiger partial charge is 0.476 e. The van der Waals surface area contributed by atoms with Gasteiger partial charge in [-0.25, -0.2) is 24.4 Å². The zero-order valence-corrected chi connectivity index (χ0v) is 32.9. The van der Waals surface area contributed by atoms with Gasteiger partial charge in [-0.3, -0.25) is 9.80 Å². The SMILES string of the molecule is CC(C)(C)OC(=O)N1CCC[C@H]1c1ncc(-c2ccc(-c3ccc(-c4c(C(=O)O)nc([C@@H]5CCCN5C(=O)OC(C)(C)C)n4Cc4ccccc4)cc3)cc2)[nH]1. The molecule has 2 N–H and O–H groups in total. The van der Waals surface area contributed by atoms with E-state index in [4.69, 9.17) is 14.5 Å². The van der Waals surface area contributed by atoms with Crippen LogP contribution in [0.2, 0.25) is 0 Å². The molecule has 292 valence electrons. The molecule has 2 fully saturated rings. The predicted octanol–water partition coefficient (Wildman–Crippen LogP) is 9.50. The molecule has 0 saturated carbocycles. The number of amides is 2. The average molecular weight is 759 g/mol. The van der Waals surface area contributed by atoms with Crippen LogP contribution >= 0.6 is 0 Å². The first-order chi connectivity index (χ1) is 26.6. The van der Waals surface area contributed by atoms with E-state index >= 15 is 0 Å². The monoisotopic (exact) mass is 758 g/mol. The molecule has 12 heteroatoms. The molecule has 2 atom stereocenters. The number of hydrogen-bond acceptors (Lipinski definition) is 7. The maximum Gasteiger partial charge on any atom is 0.410 e. The Labute approximate surface area is 327 Å². The van der Waals surface area contributed by atoms with Crippen molar-refractivity contribution < 1.29 is 29.0 Å². The van der Waals surface area contributed by atoms with Crippen molar-refractivity contribution in [3.05, 3.63) is 108 Å². The van der Waals surface area contributed by atoms with Gasteiger partial charge in [0, 0.05) is 25.2 Å². The van der Waals surface area contributed by atoms with Crippen LogP contribution in [0.4, 0.5) is 9.59 Å². The summed E-state index contributed by atoms with van der Waals surface area (Å²) in [6.07, 6.45) is 4.13. The number of benzene rings is 3. The molecule has 0 bridgehead atoms. The molecular weight excluding hydrogens is 709 g/mol. The van der Waals surface area contributed by atoms with Gasteiger partial charge < -0.3 is 24.1 Å². The number of carboxylic acids is 1. The minimum Gasteiger partial charge on any atom is -0.476 e. The van der Waals surface area contributed by atoms with Crippen LogP contribution in [0, 0.1) is 0 Å². The van der Waals surface area contributed by atoms with Crippen molar-refractivity contribution in [3.63, 3.8) is 0 Å². The number of imidazole rings is 2. The Bertz CT molecular complexity index is 2200. The van der Waals surface area contributed by atoms with E-state index in [1.54, 1.807) is 16.0 Å². The third-order valence-electron chi connectivity index (χ3n) is 10.0. The van der Waals surface area contributed by atoms with Gasteiger partial charge in [0.05, 0.1) is 29.7 Å². The van der Waals surface area contributed by atoms with Gasteiger partial charge in [-0.2, -0.15) is 0 Å². The second kappa shape index (κ2) is 15.3. The fourth-order valence-electron chi connectivity index (χ4n) is 7.57. The Morgan fingerprint density at radius 3 is 1.80 bits per heavy atom. The Hall–Kier alpha value is -5.91. The molecule has 2 aliphatic rings. The van der Waals surface area contributed by atoms with Gasteiger partial charge in [0.2, 0.25) is 0 Å². The van der Waals surface area contributed by atoms with Crippen LogP contribution in [0.3, 0.4) is 0 Å². The molecule has 0 aliphatic carbocycles. The molecule has 3 aromatic carbocycles. The number of nitrogens with one attached hydrogen (secondary N) is 1. The maximum absolute atomic E-state index is 13.3. The number of H-pyrrole nitrogens is 1. The van der Waals surface area contributed by atoms with Crippen molar-refractivity contribution in [3.8, 4) is 33.6 Å². The number of rotatable bonds is 8. The van der Waals surface area contributed by atoms with Crippen molar-refractivity contribution in [2.45, 2.75) is 97.1 Å². The first-order valence-corrected chi connectivity index (χ1v) is 19.3. The number of carboxylic acid groups (broad SMARTS) is 1. The molecule has 56 heavy (non-hydrogen) atoms. The zero-order chi connectivity index (χ0) is 39.8. The smallest absolute Gasteiger partial charge is 0.410 e. The molecule has 7 rings (SSSR count). The first kappa shape index (κ1) is 38.4. The number of ether oxygens (including phenoxy) is 2. The number of hydrogen-bond donors (Lipinski definition) is 2. The topological polar surface area (TPSA) is 143 Å². The summed E-state index contributed by atoms with van der Waals surface area (Å²) in [5.41, 5.74) is 4.63. The third-order valence-corrected chi connectivity index (χ3v) is 10.0. The third kappa shape index (κ3) is 8.34. The summed E-state index contributed by atoms with van der Waals surface area (Å²) < 4.78 is 13.3. The molecule has 4 heterocycles. The van der Waals surface area contributed by atoms with Crippen molar-refractivity contribution in [1.29, 1.82) is 0 Å².